The molecule has 0 amide bonds. The Kier molecular flexibility index (Phi) is 55.4. The zero-order valence-corrected chi connectivity index (χ0v) is 46.2. The minimum atomic E-state index is -0.819. The third kappa shape index (κ3) is 56.9. The first kappa shape index (κ1) is 67.1. The van der Waals surface area contributed by atoms with Crippen LogP contribution in [0.5, 0.6) is 0 Å². The first-order valence-corrected chi connectivity index (χ1v) is 29.4. The Bertz CT molecular complexity index is 1460. The molecule has 0 aliphatic carbocycles. The molecule has 6 nitrogen and oxygen atoms in total. The zero-order chi connectivity index (χ0) is 51.4. The van der Waals surface area contributed by atoms with Crippen molar-refractivity contribution in [1.82, 2.24) is 0 Å². The van der Waals surface area contributed by atoms with Gasteiger partial charge in [0.15, 0.2) is 6.10 Å². The van der Waals surface area contributed by atoms with E-state index in [0.29, 0.717) is 19.3 Å². The molecule has 0 aliphatic heterocycles. The van der Waals surface area contributed by atoms with Crippen LogP contribution in [0.15, 0.2) is 109 Å². The lowest BCUT2D eigenvalue weighted by Crippen LogP contribution is -2.30. The summed E-state index contributed by atoms with van der Waals surface area (Å²) in [6.07, 6.45) is 79.5. The van der Waals surface area contributed by atoms with Gasteiger partial charge in [0.05, 0.1) is 0 Å². The number of allylic oxidation sites excluding steroid dienone is 18. The van der Waals surface area contributed by atoms with Gasteiger partial charge in [-0.2, -0.15) is 0 Å². The van der Waals surface area contributed by atoms with E-state index in [0.717, 1.165) is 89.9 Å². The lowest BCUT2D eigenvalue weighted by Gasteiger charge is -2.18. The van der Waals surface area contributed by atoms with Gasteiger partial charge in [-0.15, -0.1) is 0 Å². The van der Waals surface area contributed by atoms with E-state index >= 15 is 0 Å². The van der Waals surface area contributed by atoms with Gasteiger partial charge in [0.1, 0.15) is 13.2 Å². The molecule has 6 heteroatoms. The Labute approximate surface area is 438 Å². The molecule has 0 aromatic carbocycles. The van der Waals surface area contributed by atoms with Crippen molar-refractivity contribution in [2.75, 3.05) is 13.2 Å². The summed E-state index contributed by atoms with van der Waals surface area (Å²) in [7, 11) is 0. The number of hydrogen-bond acceptors (Lipinski definition) is 6. The number of ether oxygens (including phenoxy) is 3. The molecule has 0 N–H and O–H groups in total. The molecule has 0 spiro atoms. The number of rotatable bonds is 52. The second kappa shape index (κ2) is 58.6. The summed E-state index contributed by atoms with van der Waals surface area (Å²) in [5.41, 5.74) is 0. The molecule has 0 fully saturated rings. The largest absolute Gasteiger partial charge is 0.462 e. The molecule has 0 aromatic rings. The average Bonchev–Trinajstić information content (AvgIpc) is 3.37. The first-order valence-electron chi connectivity index (χ1n) is 29.4. The topological polar surface area (TPSA) is 78.9 Å². The quantitative estimate of drug-likeness (QED) is 0.0261. The summed E-state index contributed by atoms with van der Waals surface area (Å²) in [6, 6.07) is 0. The predicted octanol–water partition coefficient (Wildman–Crippen LogP) is 19.9. The molecule has 0 saturated heterocycles. The molecule has 404 valence electrons. The van der Waals surface area contributed by atoms with E-state index in [-0.39, 0.29) is 37.5 Å². The van der Waals surface area contributed by atoms with Crippen molar-refractivity contribution in [3.8, 4) is 0 Å². The standard InChI is InChI=1S/C65H108O6/c1-4-7-10-13-16-19-22-25-28-30-31-32-33-35-38-41-44-47-50-53-56-59-65(68)71-62(60-69-63(66)57-54-51-48-45-42-39-36-27-24-21-18-15-12-9-6-3)61-70-64(67)58-55-52-49-46-43-40-37-34-29-26-23-20-17-14-11-8-5-2/h8,11,17-18,20-21,25-29,36-37,40,42,45-46,49,62H,4-7,9-10,12-16,19,22-24,30-35,38-39,41,43-44,47-48,50-61H2,1-3H3/b11-8-,20-17-,21-18-,28-25-,29-26-,36-27-,40-37-,45-42-,49-46-/t62-/m0/s1. The Morgan fingerprint density at radius 2 is 0.563 bits per heavy atom. The van der Waals surface area contributed by atoms with Crippen molar-refractivity contribution < 1.29 is 28.6 Å². The summed E-state index contributed by atoms with van der Waals surface area (Å²) in [5.74, 6) is -1.01. The van der Waals surface area contributed by atoms with E-state index < -0.39 is 6.10 Å². The van der Waals surface area contributed by atoms with Crippen molar-refractivity contribution in [2.24, 2.45) is 0 Å². The van der Waals surface area contributed by atoms with E-state index in [1.807, 2.05) is 0 Å². The van der Waals surface area contributed by atoms with Crippen LogP contribution in [0, 0.1) is 0 Å². The van der Waals surface area contributed by atoms with Crippen LogP contribution in [-0.2, 0) is 28.6 Å². The molecule has 0 unspecified atom stereocenters. The van der Waals surface area contributed by atoms with Gasteiger partial charge in [-0.1, -0.05) is 233 Å². The highest BCUT2D eigenvalue weighted by Gasteiger charge is 2.19. The molecule has 0 radical (unpaired) electrons. The van der Waals surface area contributed by atoms with Crippen LogP contribution in [0.4, 0.5) is 0 Å². The summed E-state index contributed by atoms with van der Waals surface area (Å²) in [4.78, 5) is 38.2. The monoisotopic (exact) mass is 985 g/mol. The van der Waals surface area contributed by atoms with E-state index in [1.165, 1.54) is 128 Å². The lowest BCUT2D eigenvalue weighted by molar-refractivity contribution is -0.167. The van der Waals surface area contributed by atoms with E-state index in [4.69, 9.17) is 14.2 Å². The van der Waals surface area contributed by atoms with Gasteiger partial charge in [-0.05, 0) is 122 Å². The Morgan fingerprint density at radius 3 is 0.986 bits per heavy atom. The Hall–Kier alpha value is -3.93. The molecular weight excluding hydrogens is 877 g/mol. The van der Waals surface area contributed by atoms with Crippen molar-refractivity contribution in [1.29, 1.82) is 0 Å². The molecular formula is C65H108O6. The van der Waals surface area contributed by atoms with Crippen LogP contribution < -0.4 is 0 Å². The SMILES string of the molecule is CC/C=C\C/C=C\C/C=C\C/C=C\C/C=C\CCCC(=O)OC[C@H](COC(=O)CCCC/C=C\C/C=C\C/C=C\CCCCC)OC(=O)CCCCCCCCCCCCC/C=C\CCCCCCCC. The van der Waals surface area contributed by atoms with E-state index in [1.54, 1.807) is 0 Å². The van der Waals surface area contributed by atoms with Gasteiger partial charge in [-0.3, -0.25) is 14.4 Å². The van der Waals surface area contributed by atoms with Crippen LogP contribution in [0.1, 0.15) is 265 Å². The molecule has 0 bridgehead atoms. The molecule has 0 heterocycles. The van der Waals surface area contributed by atoms with Gasteiger partial charge in [0.25, 0.3) is 0 Å². The summed E-state index contributed by atoms with van der Waals surface area (Å²) in [5, 5.41) is 0. The molecule has 1 atom stereocenters. The highest BCUT2D eigenvalue weighted by Crippen LogP contribution is 2.15. The molecule has 0 rings (SSSR count). The van der Waals surface area contributed by atoms with Crippen LogP contribution in [-0.4, -0.2) is 37.2 Å². The minimum absolute atomic E-state index is 0.117. The van der Waals surface area contributed by atoms with Crippen molar-refractivity contribution in [3.05, 3.63) is 109 Å². The third-order valence-electron chi connectivity index (χ3n) is 12.2. The second-order valence-electron chi connectivity index (χ2n) is 19.2. The summed E-state index contributed by atoms with van der Waals surface area (Å²) in [6.45, 7) is 6.42. The van der Waals surface area contributed by atoms with Crippen molar-refractivity contribution in [2.45, 2.75) is 271 Å². The smallest absolute Gasteiger partial charge is 0.306 e. The Balaban J connectivity index is 4.49. The number of carbonyl (C=O) groups is 3. The summed E-state index contributed by atoms with van der Waals surface area (Å²) < 4.78 is 16.8. The van der Waals surface area contributed by atoms with Gasteiger partial charge in [0, 0.05) is 19.3 Å². The maximum absolute atomic E-state index is 12.9. The molecule has 0 aliphatic rings. The normalized spacial score (nSPS) is 12.9. The van der Waals surface area contributed by atoms with Crippen molar-refractivity contribution >= 4 is 17.9 Å². The van der Waals surface area contributed by atoms with Crippen LogP contribution in [0.3, 0.4) is 0 Å². The number of esters is 3. The maximum atomic E-state index is 12.9. The minimum Gasteiger partial charge on any atom is -0.462 e. The van der Waals surface area contributed by atoms with E-state index in [9.17, 15) is 14.4 Å². The Morgan fingerprint density at radius 1 is 0.296 bits per heavy atom. The lowest BCUT2D eigenvalue weighted by atomic mass is 10.0. The first-order chi connectivity index (χ1) is 35.0. The van der Waals surface area contributed by atoms with Crippen molar-refractivity contribution in [3.63, 3.8) is 0 Å². The van der Waals surface area contributed by atoms with Gasteiger partial charge < -0.3 is 14.2 Å². The number of unbranched alkanes of at least 4 members (excludes halogenated alkanes) is 23. The third-order valence-corrected chi connectivity index (χ3v) is 12.2. The average molecular weight is 986 g/mol. The fraction of sp³-hybridized carbons (Fsp3) is 0.677. The number of carbonyl (C=O) groups excluding carboxylic acids is 3. The van der Waals surface area contributed by atoms with Gasteiger partial charge in [0.2, 0.25) is 0 Å². The molecule has 0 saturated carbocycles. The summed E-state index contributed by atoms with van der Waals surface area (Å²) >= 11 is 0. The molecule has 71 heavy (non-hydrogen) atoms. The number of hydrogen-bond donors (Lipinski definition) is 0. The maximum Gasteiger partial charge on any atom is 0.306 e. The predicted molar refractivity (Wildman–Crippen MR) is 307 cm³/mol. The van der Waals surface area contributed by atoms with Gasteiger partial charge >= 0.3 is 17.9 Å². The van der Waals surface area contributed by atoms with Crippen LogP contribution >= 0.6 is 0 Å². The van der Waals surface area contributed by atoms with Gasteiger partial charge in [-0.25, -0.2) is 0 Å². The second-order valence-corrected chi connectivity index (χ2v) is 19.2. The highest BCUT2D eigenvalue weighted by molar-refractivity contribution is 5.71. The zero-order valence-electron chi connectivity index (χ0n) is 46.2. The van der Waals surface area contributed by atoms with E-state index in [2.05, 4.69) is 130 Å². The fourth-order valence-electron chi connectivity index (χ4n) is 7.83. The fourth-order valence-corrected chi connectivity index (χ4v) is 7.83. The van der Waals surface area contributed by atoms with Crippen LogP contribution in [0.2, 0.25) is 0 Å². The van der Waals surface area contributed by atoms with Crippen LogP contribution in [0.25, 0.3) is 0 Å². The molecule has 0 aromatic heterocycles. The highest BCUT2D eigenvalue weighted by atomic mass is 16.6.